The number of ether oxygens (including phenoxy) is 1. The number of carbonyl (C=O) groups is 1. The van der Waals surface area contributed by atoms with Gasteiger partial charge in [0, 0.05) is 46.6 Å². The van der Waals surface area contributed by atoms with Gasteiger partial charge in [-0.1, -0.05) is 6.07 Å². The number of aromatic nitrogens is 2. The maximum Gasteiger partial charge on any atom is 0.261 e. The molecule has 0 atom stereocenters. The fraction of sp³-hybridized carbons (Fsp3) is 0.167. The summed E-state index contributed by atoms with van der Waals surface area (Å²) in [4.78, 5) is 11.6. The number of carbonyl (C=O) groups excluding carboxylic acids is 1. The molecule has 0 unspecified atom stereocenters. The van der Waals surface area contributed by atoms with Crippen LogP contribution in [0.2, 0.25) is 0 Å². The molecular formula is C12H11BrFN3O2. The van der Waals surface area contributed by atoms with Gasteiger partial charge in [0.05, 0.1) is 0 Å². The Bertz CT molecular complexity index is 600. The number of amides is 1. The summed E-state index contributed by atoms with van der Waals surface area (Å²) in [6, 6.07) is 5.93. The minimum Gasteiger partial charge on any atom is -0.472 e. The monoisotopic (exact) mass is 327 g/mol. The zero-order valence-electron chi connectivity index (χ0n) is 10.1. The second-order valence-corrected chi connectivity index (χ2v) is 4.20. The van der Waals surface area contributed by atoms with Crippen LogP contribution in [-0.4, -0.2) is 15.7 Å². The highest BCUT2D eigenvalue weighted by molar-refractivity contribution is 9.08. The molecule has 1 aromatic carbocycles. The molecule has 5 nitrogen and oxygen atoms in total. The molecule has 0 aliphatic carbocycles. The molecule has 0 spiro atoms. The first-order valence-electron chi connectivity index (χ1n) is 5.42. The number of rotatable bonds is 4. The summed E-state index contributed by atoms with van der Waals surface area (Å²) in [5, 5.41) is 4.01. The van der Waals surface area contributed by atoms with Crippen molar-refractivity contribution < 1.29 is 13.9 Å². The van der Waals surface area contributed by atoms with E-state index in [9.17, 15) is 9.18 Å². The van der Waals surface area contributed by atoms with Gasteiger partial charge >= 0.3 is 0 Å². The van der Waals surface area contributed by atoms with Crippen molar-refractivity contribution in [3.8, 4) is 5.88 Å². The third-order valence-corrected chi connectivity index (χ3v) is 2.86. The molecule has 0 aliphatic heterocycles. The largest absolute Gasteiger partial charge is 0.472 e. The van der Waals surface area contributed by atoms with Crippen molar-refractivity contribution in [2.24, 2.45) is 7.05 Å². The van der Waals surface area contributed by atoms with Gasteiger partial charge < -0.3 is 4.74 Å². The van der Waals surface area contributed by atoms with Crippen LogP contribution in [0.5, 0.6) is 5.88 Å². The van der Waals surface area contributed by atoms with Gasteiger partial charge in [-0.15, -0.1) is 5.10 Å². The standard InChI is InChI=1S/C12H11BrFN3O2/c1-17-6-5-11(16-17)19-7-9-8(12(18)15-13)3-2-4-10(9)14/h2-6H,7H2,1H3,(H,15,18). The SMILES string of the molecule is Cn1ccc(OCc2c(F)cccc2C(=O)NBr)n1. The highest BCUT2D eigenvalue weighted by atomic mass is 79.9. The van der Waals surface area contributed by atoms with Crippen LogP contribution in [0.25, 0.3) is 0 Å². The van der Waals surface area contributed by atoms with Crippen LogP contribution < -0.4 is 9.08 Å². The molecule has 0 bridgehead atoms. The highest BCUT2D eigenvalue weighted by Crippen LogP contribution is 2.17. The fourth-order valence-corrected chi connectivity index (χ4v) is 1.80. The first kappa shape index (κ1) is 13.5. The minimum atomic E-state index is -0.496. The third-order valence-electron chi connectivity index (χ3n) is 2.50. The molecule has 1 aromatic heterocycles. The lowest BCUT2D eigenvalue weighted by atomic mass is 10.1. The summed E-state index contributed by atoms with van der Waals surface area (Å²) in [7, 11) is 1.75. The molecular weight excluding hydrogens is 317 g/mol. The Kier molecular flexibility index (Phi) is 4.16. The van der Waals surface area contributed by atoms with Crippen LogP contribution in [0.1, 0.15) is 15.9 Å². The van der Waals surface area contributed by atoms with E-state index in [4.69, 9.17) is 4.74 Å². The molecule has 2 aromatic rings. The number of benzene rings is 1. The van der Waals surface area contributed by atoms with Crippen molar-refractivity contribution in [3.05, 3.63) is 47.4 Å². The Morgan fingerprint density at radius 3 is 2.95 bits per heavy atom. The van der Waals surface area contributed by atoms with Gasteiger partial charge in [0.1, 0.15) is 12.4 Å². The molecule has 19 heavy (non-hydrogen) atoms. The van der Waals surface area contributed by atoms with Gasteiger partial charge in [-0.2, -0.15) is 0 Å². The van der Waals surface area contributed by atoms with E-state index in [0.29, 0.717) is 5.88 Å². The van der Waals surface area contributed by atoms with Gasteiger partial charge in [-0.05, 0) is 12.1 Å². The van der Waals surface area contributed by atoms with Gasteiger partial charge in [0.2, 0.25) is 5.88 Å². The Balaban J connectivity index is 2.21. The first-order chi connectivity index (χ1) is 9.11. The van der Waals surface area contributed by atoms with E-state index in [1.165, 1.54) is 18.2 Å². The number of nitrogens with zero attached hydrogens (tertiary/aromatic N) is 2. The van der Waals surface area contributed by atoms with Crippen LogP contribution in [-0.2, 0) is 13.7 Å². The fourth-order valence-electron chi connectivity index (χ4n) is 1.59. The van der Waals surface area contributed by atoms with E-state index in [-0.39, 0.29) is 17.7 Å². The molecule has 0 radical (unpaired) electrons. The van der Waals surface area contributed by atoms with E-state index in [0.717, 1.165) is 0 Å². The molecule has 0 saturated heterocycles. The van der Waals surface area contributed by atoms with Crippen molar-refractivity contribution in [1.29, 1.82) is 0 Å². The topological polar surface area (TPSA) is 56.1 Å². The van der Waals surface area contributed by atoms with Crippen molar-refractivity contribution in [3.63, 3.8) is 0 Å². The Morgan fingerprint density at radius 1 is 1.53 bits per heavy atom. The van der Waals surface area contributed by atoms with Crippen LogP contribution in [0.3, 0.4) is 0 Å². The summed E-state index contributed by atoms with van der Waals surface area (Å²) in [6.07, 6.45) is 1.71. The lowest BCUT2D eigenvalue weighted by molar-refractivity contribution is 0.0983. The zero-order chi connectivity index (χ0) is 13.8. The van der Waals surface area contributed by atoms with Crippen molar-refractivity contribution in [2.45, 2.75) is 6.61 Å². The highest BCUT2D eigenvalue weighted by Gasteiger charge is 2.15. The second kappa shape index (κ2) is 5.83. The number of hydrogen-bond donors (Lipinski definition) is 1. The lowest BCUT2D eigenvalue weighted by Gasteiger charge is -2.09. The van der Waals surface area contributed by atoms with Crippen LogP contribution >= 0.6 is 16.1 Å². The quantitative estimate of drug-likeness (QED) is 0.876. The van der Waals surface area contributed by atoms with Crippen LogP contribution in [0.15, 0.2) is 30.5 Å². The molecule has 1 N–H and O–H groups in total. The molecule has 7 heteroatoms. The normalized spacial score (nSPS) is 10.3. The van der Waals surface area contributed by atoms with E-state index in [1.54, 1.807) is 24.0 Å². The Labute approximate surface area is 117 Å². The molecule has 1 amide bonds. The summed E-state index contributed by atoms with van der Waals surface area (Å²) in [6.45, 7) is -0.0700. The average molecular weight is 328 g/mol. The zero-order valence-corrected chi connectivity index (χ0v) is 11.6. The number of nitrogens with one attached hydrogen (secondary N) is 1. The number of halogens is 2. The molecule has 0 aliphatic rings. The van der Waals surface area contributed by atoms with Gasteiger partial charge in [-0.3, -0.25) is 13.8 Å². The van der Waals surface area contributed by atoms with Crippen LogP contribution in [0, 0.1) is 5.82 Å². The molecule has 2 rings (SSSR count). The third kappa shape index (κ3) is 3.11. The minimum absolute atomic E-state index is 0.0700. The van der Waals surface area contributed by atoms with Gasteiger partial charge in [0.15, 0.2) is 0 Å². The van der Waals surface area contributed by atoms with Crippen molar-refractivity contribution >= 4 is 22.1 Å². The van der Waals surface area contributed by atoms with Crippen LogP contribution in [0.4, 0.5) is 4.39 Å². The van der Waals surface area contributed by atoms with E-state index >= 15 is 0 Å². The Hall–Kier alpha value is -1.89. The molecule has 0 saturated carbocycles. The second-order valence-electron chi connectivity index (χ2n) is 3.81. The van der Waals surface area contributed by atoms with E-state index < -0.39 is 11.7 Å². The maximum absolute atomic E-state index is 13.8. The molecule has 0 fully saturated rings. The molecule has 1 heterocycles. The predicted octanol–water partition coefficient (Wildman–Crippen LogP) is 2.18. The van der Waals surface area contributed by atoms with Crippen molar-refractivity contribution in [1.82, 2.24) is 14.1 Å². The molecule has 100 valence electrons. The lowest BCUT2D eigenvalue weighted by Crippen LogP contribution is -2.16. The average Bonchev–Trinajstić information content (AvgIpc) is 2.82. The number of aryl methyl sites for hydroxylation is 1. The smallest absolute Gasteiger partial charge is 0.261 e. The summed E-state index contributed by atoms with van der Waals surface area (Å²) >= 11 is 2.83. The maximum atomic E-state index is 13.8. The predicted molar refractivity (Wildman–Crippen MR) is 70.3 cm³/mol. The van der Waals surface area contributed by atoms with Gasteiger partial charge in [0.25, 0.3) is 5.91 Å². The first-order valence-corrected chi connectivity index (χ1v) is 6.22. The summed E-state index contributed by atoms with van der Waals surface area (Å²) < 4.78 is 23.0. The number of hydrogen-bond acceptors (Lipinski definition) is 3. The Morgan fingerprint density at radius 2 is 2.32 bits per heavy atom. The van der Waals surface area contributed by atoms with Gasteiger partial charge in [-0.25, -0.2) is 4.39 Å². The van der Waals surface area contributed by atoms with E-state index in [1.807, 2.05) is 0 Å². The summed E-state index contributed by atoms with van der Waals surface area (Å²) in [5.41, 5.74) is 0.401. The summed E-state index contributed by atoms with van der Waals surface area (Å²) in [5.74, 6) is -0.556. The van der Waals surface area contributed by atoms with Crippen molar-refractivity contribution in [2.75, 3.05) is 0 Å². The van der Waals surface area contributed by atoms with E-state index in [2.05, 4.69) is 25.6 Å².